The highest BCUT2D eigenvalue weighted by Crippen LogP contribution is 2.24. The fourth-order valence-electron chi connectivity index (χ4n) is 3.40. The maximum absolute atomic E-state index is 3.46. The zero-order valence-electron chi connectivity index (χ0n) is 24.4. The SMILES string of the molecule is CC(C)(C)c1cc(C#Cc2ccccc2C#C[Si](C)(C)C)cc(C#Cc2ccccc2C#C[Si](C)(C)C)c1. The summed E-state index contributed by atoms with van der Waals surface area (Å²) in [5.74, 6) is 20.3. The first kappa shape index (κ1) is 28.9. The Hall–Kier alpha value is -3.67. The molecular formula is C36H38Si2. The van der Waals surface area contributed by atoms with E-state index in [1.807, 2.05) is 36.4 Å². The van der Waals surface area contributed by atoms with Gasteiger partial charge in [-0.3, -0.25) is 0 Å². The average Bonchev–Trinajstić information content (AvgIpc) is 2.83. The fraction of sp³-hybridized carbons (Fsp3) is 0.278. The van der Waals surface area contributed by atoms with Gasteiger partial charge in [0.15, 0.2) is 0 Å². The van der Waals surface area contributed by atoms with Crippen molar-refractivity contribution in [3.05, 3.63) is 106 Å². The smallest absolute Gasteiger partial charge is 0.127 e. The van der Waals surface area contributed by atoms with Crippen LogP contribution >= 0.6 is 0 Å². The lowest BCUT2D eigenvalue weighted by Crippen LogP contribution is -2.16. The average molecular weight is 527 g/mol. The second-order valence-electron chi connectivity index (χ2n) is 12.6. The Bertz CT molecular complexity index is 1460. The summed E-state index contributed by atoms with van der Waals surface area (Å²) in [5.41, 5.74) is 13.9. The second-order valence-corrected chi connectivity index (χ2v) is 22.1. The van der Waals surface area contributed by atoms with Crippen molar-refractivity contribution >= 4 is 16.1 Å². The Morgan fingerprint density at radius 1 is 0.474 bits per heavy atom. The van der Waals surface area contributed by atoms with Crippen molar-refractivity contribution in [2.24, 2.45) is 0 Å². The van der Waals surface area contributed by atoms with Crippen LogP contribution in [0.5, 0.6) is 0 Å². The summed E-state index contributed by atoms with van der Waals surface area (Å²) in [5, 5.41) is 0. The minimum absolute atomic E-state index is 0.0183. The molecule has 0 bridgehead atoms. The first-order valence-electron chi connectivity index (χ1n) is 13.1. The van der Waals surface area contributed by atoms with Crippen LogP contribution in [0.3, 0.4) is 0 Å². The summed E-state index contributed by atoms with van der Waals surface area (Å²) in [7, 11) is -2.95. The van der Waals surface area contributed by atoms with Crippen LogP contribution in [0.4, 0.5) is 0 Å². The summed E-state index contributed by atoms with van der Waals surface area (Å²) < 4.78 is 0. The van der Waals surface area contributed by atoms with E-state index in [0.29, 0.717) is 0 Å². The van der Waals surface area contributed by atoms with Crippen molar-refractivity contribution in [1.29, 1.82) is 0 Å². The van der Waals surface area contributed by atoms with Crippen molar-refractivity contribution in [3.8, 4) is 46.6 Å². The first-order chi connectivity index (χ1) is 17.7. The number of benzene rings is 3. The van der Waals surface area contributed by atoms with E-state index in [9.17, 15) is 0 Å². The normalized spacial score (nSPS) is 11.0. The van der Waals surface area contributed by atoms with Crippen molar-refractivity contribution in [1.82, 2.24) is 0 Å². The molecule has 0 atom stereocenters. The van der Waals surface area contributed by atoms with Gasteiger partial charge in [0.25, 0.3) is 0 Å². The molecule has 0 aromatic heterocycles. The van der Waals surface area contributed by atoms with Crippen LogP contribution in [0.2, 0.25) is 39.3 Å². The van der Waals surface area contributed by atoms with E-state index in [2.05, 4.69) is 137 Å². The van der Waals surface area contributed by atoms with Gasteiger partial charge in [0.05, 0.1) is 0 Å². The predicted octanol–water partition coefficient (Wildman–Crippen LogP) is 8.24. The molecule has 0 unspecified atom stereocenters. The third-order valence-electron chi connectivity index (χ3n) is 5.48. The highest BCUT2D eigenvalue weighted by molar-refractivity contribution is 6.84. The molecule has 0 nitrogen and oxygen atoms in total. The minimum atomic E-state index is -1.47. The third kappa shape index (κ3) is 9.33. The van der Waals surface area contributed by atoms with Gasteiger partial charge in [-0.15, -0.1) is 11.1 Å². The fourth-order valence-corrected chi connectivity index (χ4v) is 4.42. The standard InChI is InChI=1S/C36H38Si2/c1-36(2,3)35-27-29(18-20-31-14-10-12-16-33(31)22-24-37(4,5)6)26-30(28-35)19-21-32-15-11-13-17-34(32)23-25-38(7,8)9/h10-17,26-28H,1-9H3. The molecule has 0 aliphatic carbocycles. The first-order valence-corrected chi connectivity index (χ1v) is 20.1. The van der Waals surface area contributed by atoms with E-state index < -0.39 is 16.1 Å². The summed E-state index contributed by atoms with van der Waals surface area (Å²) in [4.78, 5) is 0. The van der Waals surface area contributed by atoms with Crippen LogP contribution in [0.25, 0.3) is 0 Å². The molecule has 3 aromatic carbocycles. The van der Waals surface area contributed by atoms with E-state index in [-0.39, 0.29) is 5.41 Å². The van der Waals surface area contributed by atoms with Crippen LogP contribution in [0, 0.1) is 46.6 Å². The Labute approximate surface area is 233 Å². The number of hydrogen-bond donors (Lipinski definition) is 0. The molecule has 0 saturated heterocycles. The summed E-state index contributed by atoms with van der Waals surface area (Å²) in [6.45, 7) is 20.2. The lowest BCUT2D eigenvalue weighted by atomic mass is 9.85. The molecule has 190 valence electrons. The van der Waals surface area contributed by atoms with Crippen molar-refractivity contribution in [2.45, 2.75) is 65.5 Å². The topological polar surface area (TPSA) is 0 Å². The molecule has 38 heavy (non-hydrogen) atoms. The Morgan fingerprint density at radius 3 is 1.13 bits per heavy atom. The maximum atomic E-state index is 3.46. The molecule has 3 aromatic rings. The van der Waals surface area contributed by atoms with Gasteiger partial charge >= 0.3 is 0 Å². The second kappa shape index (κ2) is 11.8. The monoisotopic (exact) mass is 526 g/mol. The van der Waals surface area contributed by atoms with Gasteiger partial charge in [-0.25, -0.2) is 0 Å². The van der Waals surface area contributed by atoms with Gasteiger partial charge in [0, 0.05) is 33.4 Å². The molecule has 0 amide bonds. The molecule has 0 aliphatic rings. The maximum Gasteiger partial charge on any atom is 0.129 e. The van der Waals surface area contributed by atoms with E-state index in [1.165, 1.54) is 5.56 Å². The van der Waals surface area contributed by atoms with Crippen LogP contribution in [0.15, 0.2) is 66.7 Å². The van der Waals surface area contributed by atoms with E-state index in [0.717, 1.165) is 33.4 Å². The molecule has 0 saturated carbocycles. The zero-order valence-corrected chi connectivity index (χ0v) is 26.4. The van der Waals surface area contributed by atoms with Gasteiger partial charge in [0.1, 0.15) is 16.1 Å². The van der Waals surface area contributed by atoms with Gasteiger partial charge in [-0.05, 0) is 53.4 Å². The van der Waals surface area contributed by atoms with E-state index in [1.54, 1.807) is 0 Å². The van der Waals surface area contributed by atoms with E-state index in [4.69, 9.17) is 0 Å². The number of hydrogen-bond acceptors (Lipinski definition) is 0. The Morgan fingerprint density at radius 2 is 0.816 bits per heavy atom. The molecule has 2 heteroatoms. The van der Waals surface area contributed by atoms with Crippen molar-refractivity contribution in [2.75, 3.05) is 0 Å². The molecule has 0 aliphatic heterocycles. The van der Waals surface area contributed by atoms with Gasteiger partial charge in [0.2, 0.25) is 0 Å². The summed E-state index contributed by atoms with van der Waals surface area (Å²) in [6, 6.07) is 22.8. The third-order valence-corrected chi connectivity index (χ3v) is 7.23. The molecular weight excluding hydrogens is 489 g/mol. The van der Waals surface area contributed by atoms with Crippen molar-refractivity contribution in [3.63, 3.8) is 0 Å². The van der Waals surface area contributed by atoms with Gasteiger partial charge in [-0.1, -0.05) is 120 Å². The molecule has 0 N–H and O–H groups in total. The molecule has 3 rings (SSSR count). The van der Waals surface area contributed by atoms with Gasteiger partial charge < -0.3 is 0 Å². The molecule has 0 heterocycles. The lowest BCUT2D eigenvalue weighted by molar-refractivity contribution is 0.590. The van der Waals surface area contributed by atoms with Crippen molar-refractivity contribution < 1.29 is 0 Å². The minimum Gasteiger partial charge on any atom is -0.127 e. The van der Waals surface area contributed by atoms with Crippen LogP contribution in [-0.4, -0.2) is 16.1 Å². The number of rotatable bonds is 0. The lowest BCUT2D eigenvalue weighted by Gasteiger charge is -2.19. The summed E-state index contributed by atoms with van der Waals surface area (Å²) >= 11 is 0. The molecule has 0 radical (unpaired) electrons. The zero-order chi connectivity index (χ0) is 28.0. The van der Waals surface area contributed by atoms with Gasteiger partial charge in [-0.2, -0.15) is 0 Å². The predicted molar refractivity (Wildman–Crippen MR) is 170 cm³/mol. The molecule has 0 spiro atoms. The highest BCUT2D eigenvalue weighted by atomic mass is 28.3. The Balaban J connectivity index is 2.06. The highest BCUT2D eigenvalue weighted by Gasteiger charge is 2.15. The molecule has 0 fully saturated rings. The quantitative estimate of drug-likeness (QED) is 0.204. The van der Waals surface area contributed by atoms with E-state index >= 15 is 0 Å². The van der Waals surface area contributed by atoms with Crippen LogP contribution in [0.1, 0.15) is 59.7 Å². The van der Waals surface area contributed by atoms with Crippen LogP contribution < -0.4 is 0 Å². The summed E-state index contributed by atoms with van der Waals surface area (Å²) in [6.07, 6.45) is 0. The largest absolute Gasteiger partial charge is 0.129 e. The Kier molecular flexibility index (Phi) is 8.98. The van der Waals surface area contributed by atoms with Crippen LogP contribution in [-0.2, 0) is 5.41 Å².